The molecular formula is C19H23N3O5. The number of aromatic nitrogens is 2. The third-order valence-corrected chi connectivity index (χ3v) is 3.47. The van der Waals surface area contributed by atoms with Gasteiger partial charge < -0.3 is 9.47 Å². The zero-order valence-corrected chi connectivity index (χ0v) is 15.8. The summed E-state index contributed by atoms with van der Waals surface area (Å²) in [5.74, 6) is -0.574. The van der Waals surface area contributed by atoms with Gasteiger partial charge in [-0.25, -0.2) is 14.6 Å². The highest BCUT2D eigenvalue weighted by atomic mass is 16.6. The Bertz CT molecular complexity index is 856. The van der Waals surface area contributed by atoms with Crippen molar-refractivity contribution in [1.82, 2.24) is 9.55 Å². The Morgan fingerprint density at radius 3 is 2.52 bits per heavy atom. The normalized spacial score (nSPS) is 12.1. The minimum Gasteiger partial charge on any atom is -0.458 e. The Labute approximate surface area is 157 Å². The molecule has 2 aromatic rings. The number of rotatable bonds is 5. The summed E-state index contributed by atoms with van der Waals surface area (Å²) in [7, 11) is 0. The SMILES string of the molecule is CC(C(=O)OC(C)(C)C)n1cncc(NC(=O)OCc2ccccc2)c1=O. The molecule has 1 atom stereocenters. The van der Waals surface area contributed by atoms with E-state index in [1.54, 1.807) is 20.8 Å². The molecule has 0 bridgehead atoms. The van der Waals surface area contributed by atoms with Crippen LogP contribution >= 0.6 is 0 Å². The van der Waals surface area contributed by atoms with Crippen LogP contribution in [0.2, 0.25) is 0 Å². The summed E-state index contributed by atoms with van der Waals surface area (Å²) in [6.45, 7) is 6.79. The fourth-order valence-corrected chi connectivity index (χ4v) is 2.16. The molecule has 1 aromatic heterocycles. The Hall–Kier alpha value is -3.16. The molecule has 0 fully saturated rings. The molecule has 1 amide bonds. The van der Waals surface area contributed by atoms with E-state index in [4.69, 9.17) is 9.47 Å². The van der Waals surface area contributed by atoms with Gasteiger partial charge in [-0.05, 0) is 33.3 Å². The van der Waals surface area contributed by atoms with Gasteiger partial charge in [0.1, 0.15) is 23.9 Å². The van der Waals surface area contributed by atoms with E-state index in [1.165, 1.54) is 19.4 Å². The van der Waals surface area contributed by atoms with Crippen LogP contribution in [0.25, 0.3) is 0 Å². The van der Waals surface area contributed by atoms with Gasteiger partial charge in [0.25, 0.3) is 5.56 Å². The van der Waals surface area contributed by atoms with Gasteiger partial charge in [0, 0.05) is 0 Å². The fraction of sp³-hybridized carbons (Fsp3) is 0.368. The van der Waals surface area contributed by atoms with Gasteiger partial charge in [-0.3, -0.25) is 14.7 Å². The maximum absolute atomic E-state index is 12.5. The largest absolute Gasteiger partial charge is 0.458 e. The van der Waals surface area contributed by atoms with Crippen LogP contribution in [-0.2, 0) is 20.9 Å². The number of hydrogen-bond acceptors (Lipinski definition) is 6. The fourth-order valence-electron chi connectivity index (χ4n) is 2.16. The van der Waals surface area contributed by atoms with Gasteiger partial charge in [-0.15, -0.1) is 0 Å². The molecule has 0 aliphatic carbocycles. The summed E-state index contributed by atoms with van der Waals surface area (Å²) in [5, 5.41) is 2.35. The predicted octanol–water partition coefficient (Wildman–Crippen LogP) is 2.89. The molecule has 0 spiro atoms. The van der Waals surface area contributed by atoms with Crippen LogP contribution in [0.3, 0.4) is 0 Å². The van der Waals surface area contributed by atoms with Crippen LogP contribution in [0.1, 0.15) is 39.3 Å². The van der Waals surface area contributed by atoms with E-state index in [-0.39, 0.29) is 12.3 Å². The molecule has 0 aliphatic rings. The third-order valence-electron chi connectivity index (χ3n) is 3.47. The van der Waals surface area contributed by atoms with E-state index in [0.717, 1.165) is 10.1 Å². The molecule has 0 saturated heterocycles. The number of anilines is 1. The molecule has 0 saturated carbocycles. The lowest BCUT2D eigenvalue weighted by atomic mass is 10.2. The second kappa shape index (κ2) is 8.48. The Balaban J connectivity index is 2.06. The van der Waals surface area contributed by atoms with E-state index in [0.29, 0.717) is 0 Å². The summed E-state index contributed by atoms with van der Waals surface area (Å²) >= 11 is 0. The number of benzene rings is 1. The van der Waals surface area contributed by atoms with E-state index in [1.807, 2.05) is 30.3 Å². The average Bonchev–Trinajstić information content (AvgIpc) is 2.60. The van der Waals surface area contributed by atoms with Crippen molar-refractivity contribution < 1.29 is 19.1 Å². The first-order chi connectivity index (χ1) is 12.7. The highest BCUT2D eigenvalue weighted by Crippen LogP contribution is 2.14. The van der Waals surface area contributed by atoms with Crippen molar-refractivity contribution in [2.75, 3.05) is 5.32 Å². The highest BCUT2D eigenvalue weighted by Gasteiger charge is 2.24. The van der Waals surface area contributed by atoms with Gasteiger partial charge in [0.2, 0.25) is 0 Å². The maximum Gasteiger partial charge on any atom is 0.412 e. The third kappa shape index (κ3) is 5.95. The van der Waals surface area contributed by atoms with Gasteiger partial charge in [0.05, 0.1) is 12.5 Å². The molecular weight excluding hydrogens is 350 g/mol. The highest BCUT2D eigenvalue weighted by molar-refractivity contribution is 5.84. The van der Waals surface area contributed by atoms with E-state index in [9.17, 15) is 14.4 Å². The number of carbonyl (C=O) groups is 2. The Morgan fingerprint density at radius 2 is 1.89 bits per heavy atom. The summed E-state index contributed by atoms with van der Waals surface area (Å²) in [4.78, 5) is 40.6. The summed E-state index contributed by atoms with van der Waals surface area (Å²) in [6.07, 6.45) is 1.63. The first-order valence-corrected chi connectivity index (χ1v) is 8.44. The van der Waals surface area contributed by atoms with E-state index in [2.05, 4.69) is 10.3 Å². The summed E-state index contributed by atoms with van der Waals surface area (Å²) < 4.78 is 11.5. The average molecular weight is 373 g/mol. The first kappa shape index (κ1) is 20.2. The lowest BCUT2D eigenvalue weighted by Crippen LogP contribution is -2.35. The molecule has 0 aliphatic heterocycles. The first-order valence-electron chi connectivity index (χ1n) is 8.44. The maximum atomic E-state index is 12.5. The van der Waals surface area contributed by atoms with Crippen molar-refractivity contribution in [2.45, 2.75) is 45.9 Å². The van der Waals surface area contributed by atoms with Crippen molar-refractivity contribution >= 4 is 17.7 Å². The molecule has 8 nitrogen and oxygen atoms in total. The van der Waals surface area contributed by atoms with E-state index >= 15 is 0 Å². The molecule has 2 rings (SSSR count). The van der Waals surface area contributed by atoms with Crippen LogP contribution in [0, 0.1) is 0 Å². The zero-order chi connectivity index (χ0) is 20.0. The number of nitrogens with one attached hydrogen (secondary N) is 1. The quantitative estimate of drug-likeness (QED) is 0.809. The smallest absolute Gasteiger partial charge is 0.412 e. The molecule has 1 aromatic carbocycles. The predicted molar refractivity (Wildman–Crippen MR) is 99.3 cm³/mol. The summed E-state index contributed by atoms with van der Waals surface area (Å²) in [6, 6.07) is 8.24. The van der Waals surface area contributed by atoms with Gasteiger partial charge >= 0.3 is 12.1 Å². The van der Waals surface area contributed by atoms with Crippen LogP contribution in [0.4, 0.5) is 10.5 Å². The lowest BCUT2D eigenvalue weighted by Gasteiger charge is -2.23. The van der Waals surface area contributed by atoms with Gasteiger partial charge in [-0.2, -0.15) is 0 Å². The van der Waals surface area contributed by atoms with Crippen molar-refractivity contribution in [1.29, 1.82) is 0 Å². The van der Waals surface area contributed by atoms with Crippen molar-refractivity contribution in [3.8, 4) is 0 Å². The van der Waals surface area contributed by atoms with Crippen LogP contribution < -0.4 is 10.9 Å². The number of esters is 1. The van der Waals surface area contributed by atoms with E-state index < -0.39 is 29.3 Å². The van der Waals surface area contributed by atoms with Gasteiger partial charge in [-0.1, -0.05) is 30.3 Å². The zero-order valence-electron chi connectivity index (χ0n) is 15.8. The van der Waals surface area contributed by atoms with Crippen LogP contribution in [0.5, 0.6) is 0 Å². The van der Waals surface area contributed by atoms with Crippen molar-refractivity contribution in [2.24, 2.45) is 0 Å². The number of hydrogen-bond donors (Lipinski definition) is 1. The molecule has 1 unspecified atom stereocenters. The number of amides is 1. The number of carbonyl (C=O) groups excluding carboxylic acids is 2. The monoisotopic (exact) mass is 373 g/mol. The molecule has 1 N–H and O–H groups in total. The molecule has 144 valence electrons. The standard InChI is InChI=1S/C19H23N3O5/c1-13(17(24)27-19(2,3)4)22-12-20-10-15(16(22)23)21-18(25)26-11-14-8-6-5-7-9-14/h5-10,12-13H,11H2,1-4H3,(H,21,25). The second-order valence-corrected chi connectivity index (χ2v) is 6.92. The Morgan fingerprint density at radius 1 is 1.22 bits per heavy atom. The van der Waals surface area contributed by atoms with Crippen molar-refractivity contribution in [3.05, 3.63) is 58.8 Å². The van der Waals surface area contributed by atoms with Crippen molar-refractivity contribution in [3.63, 3.8) is 0 Å². The summed E-state index contributed by atoms with van der Waals surface area (Å²) in [5.41, 5.74) is -0.541. The lowest BCUT2D eigenvalue weighted by molar-refractivity contribution is -0.158. The van der Waals surface area contributed by atoms with Crippen LogP contribution in [0.15, 0.2) is 47.7 Å². The minimum absolute atomic E-state index is 0.0649. The van der Waals surface area contributed by atoms with Gasteiger partial charge in [0.15, 0.2) is 0 Å². The second-order valence-electron chi connectivity index (χ2n) is 6.92. The molecule has 27 heavy (non-hydrogen) atoms. The molecule has 8 heteroatoms. The topological polar surface area (TPSA) is 99.5 Å². The molecule has 0 radical (unpaired) electrons. The number of ether oxygens (including phenoxy) is 2. The minimum atomic E-state index is -0.897. The Kier molecular flexibility index (Phi) is 6.33. The number of nitrogens with zero attached hydrogens (tertiary/aromatic N) is 2. The van der Waals surface area contributed by atoms with Crippen LogP contribution in [-0.4, -0.2) is 27.2 Å². The molecule has 1 heterocycles.